The number of unbranched alkanes of at least 4 members (excludes halogenated alkanes) is 7. The molecule has 1 unspecified atom stereocenters. The summed E-state index contributed by atoms with van der Waals surface area (Å²) in [6.45, 7) is 0.472. The Labute approximate surface area is 156 Å². The summed E-state index contributed by atoms with van der Waals surface area (Å²) in [5, 5.41) is 17.5. The Kier molecular flexibility index (Phi) is 12.7. The summed E-state index contributed by atoms with van der Waals surface area (Å²) in [6, 6.07) is 0. The number of carboxylic acids is 2. The van der Waals surface area contributed by atoms with Gasteiger partial charge >= 0.3 is 17.9 Å². The van der Waals surface area contributed by atoms with Crippen molar-refractivity contribution in [1.82, 2.24) is 0 Å². The van der Waals surface area contributed by atoms with Crippen molar-refractivity contribution in [2.24, 2.45) is 0 Å². The van der Waals surface area contributed by atoms with E-state index >= 15 is 0 Å². The fourth-order valence-corrected chi connectivity index (χ4v) is 2.80. The zero-order valence-corrected chi connectivity index (χ0v) is 16.5. The summed E-state index contributed by atoms with van der Waals surface area (Å²) in [5.41, 5.74) is 0. The van der Waals surface area contributed by atoms with Gasteiger partial charge in [0.05, 0.1) is 27.6 Å². The molecule has 0 fully saturated rings. The molecule has 0 aromatic heterocycles. The molecule has 0 spiro atoms. The first-order chi connectivity index (χ1) is 12.1. The van der Waals surface area contributed by atoms with Crippen LogP contribution in [0.15, 0.2) is 0 Å². The molecular formula is C19H36NO6+. The highest BCUT2D eigenvalue weighted by Gasteiger charge is 2.24. The minimum atomic E-state index is -0.959. The maximum Gasteiger partial charge on any atom is 0.307 e. The van der Waals surface area contributed by atoms with Crippen LogP contribution in [-0.4, -0.2) is 66.4 Å². The quantitative estimate of drug-likeness (QED) is 0.245. The largest absolute Gasteiger partial charge is 0.481 e. The lowest BCUT2D eigenvalue weighted by molar-refractivity contribution is -0.873. The molecule has 1 atom stereocenters. The molecule has 0 rings (SSSR count). The molecule has 152 valence electrons. The molecule has 7 nitrogen and oxygen atoms in total. The molecule has 0 aliphatic heterocycles. The van der Waals surface area contributed by atoms with E-state index in [1.807, 2.05) is 21.1 Å². The van der Waals surface area contributed by atoms with Gasteiger partial charge in [-0.05, 0) is 12.8 Å². The van der Waals surface area contributed by atoms with Crippen molar-refractivity contribution in [2.45, 2.75) is 76.7 Å². The molecule has 0 saturated carbocycles. The molecular weight excluding hydrogens is 338 g/mol. The van der Waals surface area contributed by atoms with Crippen LogP contribution in [0.25, 0.3) is 0 Å². The third-order valence-electron chi connectivity index (χ3n) is 3.97. The van der Waals surface area contributed by atoms with Crippen LogP contribution in [0.4, 0.5) is 0 Å². The van der Waals surface area contributed by atoms with Crippen LogP contribution in [0.5, 0.6) is 0 Å². The molecule has 0 heterocycles. The van der Waals surface area contributed by atoms with Crippen molar-refractivity contribution in [3.63, 3.8) is 0 Å². The summed E-state index contributed by atoms with van der Waals surface area (Å²) in [7, 11) is 5.80. The van der Waals surface area contributed by atoms with Crippen molar-refractivity contribution in [2.75, 3.05) is 27.7 Å². The van der Waals surface area contributed by atoms with E-state index in [9.17, 15) is 14.4 Å². The first-order valence-corrected chi connectivity index (χ1v) is 9.53. The molecule has 26 heavy (non-hydrogen) atoms. The number of esters is 1. The standard InChI is InChI=1S/C19H35NO6/c1-20(2,3)15-16(14-18(23)24)26-19(25)13-11-9-7-5-4-6-8-10-12-17(21)22/h16H,4-15H2,1-3H3,(H-,21,22,23,24)/p+1. The average molecular weight is 374 g/mol. The Balaban J connectivity index is 3.76. The van der Waals surface area contributed by atoms with Gasteiger partial charge in [-0.1, -0.05) is 38.5 Å². The predicted octanol–water partition coefficient (Wildman–Crippen LogP) is 3.06. The van der Waals surface area contributed by atoms with E-state index in [4.69, 9.17) is 14.9 Å². The topological polar surface area (TPSA) is 101 Å². The van der Waals surface area contributed by atoms with Crippen LogP contribution in [-0.2, 0) is 19.1 Å². The Morgan fingerprint density at radius 3 is 1.65 bits per heavy atom. The molecule has 0 bridgehead atoms. The van der Waals surface area contributed by atoms with Crippen LogP contribution in [0, 0.1) is 0 Å². The normalized spacial score (nSPS) is 12.6. The van der Waals surface area contributed by atoms with E-state index < -0.39 is 18.0 Å². The van der Waals surface area contributed by atoms with Crippen molar-refractivity contribution in [3.05, 3.63) is 0 Å². The number of nitrogens with zero attached hydrogens (tertiary/aromatic N) is 1. The average Bonchev–Trinajstić information content (AvgIpc) is 2.46. The highest BCUT2D eigenvalue weighted by atomic mass is 16.5. The number of quaternary nitrogens is 1. The summed E-state index contributed by atoms with van der Waals surface area (Å²) < 4.78 is 5.88. The van der Waals surface area contributed by atoms with E-state index in [-0.39, 0.29) is 18.8 Å². The van der Waals surface area contributed by atoms with E-state index in [0.717, 1.165) is 51.4 Å². The maximum atomic E-state index is 11.9. The van der Waals surface area contributed by atoms with Crippen molar-refractivity contribution in [1.29, 1.82) is 0 Å². The van der Waals surface area contributed by atoms with Gasteiger partial charge in [-0.15, -0.1) is 0 Å². The Morgan fingerprint density at radius 2 is 1.23 bits per heavy atom. The van der Waals surface area contributed by atoms with Crippen LogP contribution in [0.1, 0.15) is 70.6 Å². The van der Waals surface area contributed by atoms with Crippen LogP contribution in [0.2, 0.25) is 0 Å². The highest BCUT2D eigenvalue weighted by Crippen LogP contribution is 2.12. The van der Waals surface area contributed by atoms with Crippen LogP contribution < -0.4 is 0 Å². The summed E-state index contributed by atoms with van der Waals surface area (Å²) in [6.07, 6.45) is 7.49. The van der Waals surface area contributed by atoms with E-state index in [0.29, 0.717) is 17.4 Å². The van der Waals surface area contributed by atoms with E-state index in [1.165, 1.54) is 0 Å². The molecule has 0 aromatic carbocycles. The number of carbonyl (C=O) groups is 3. The Bertz CT molecular complexity index is 430. The molecule has 0 aliphatic carbocycles. The summed E-state index contributed by atoms with van der Waals surface area (Å²) >= 11 is 0. The Morgan fingerprint density at radius 1 is 0.769 bits per heavy atom. The second-order valence-corrected chi connectivity index (χ2v) is 7.90. The van der Waals surface area contributed by atoms with Crippen molar-refractivity contribution < 1.29 is 33.8 Å². The van der Waals surface area contributed by atoms with Crippen molar-refractivity contribution in [3.8, 4) is 0 Å². The minimum absolute atomic E-state index is 0.164. The zero-order chi connectivity index (χ0) is 20.0. The number of aliphatic carboxylic acids is 2. The molecule has 7 heteroatoms. The van der Waals surface area contributed by atoms with Gasteiger partial charge in [0.25, 0.3) is 0 Å². The Hall–Kier alpha value is -1.63. The predicted molar refractivity (Wildman–Crippen MR) is 98.8 cm³/mol. The lowest BCUT2D eigenvalue weighted by atomic mass is 10.1. The van der Waals surface area contributed by atoms with Gasteiger partial charge in [0, 0.05) is 12.8 Å². The second-order valence-electron chi connectivity index (χ2n) is 7.90. The first kappa shape index (κ1) is 24.4. The lowest BCUT2D eigenvalue weighted by Gasteiger charge is -2.28. The smallest absolute Gasteiger partial charge is 0.307 e. The lowest BCUT2D eigenvalue weighted by Crippen LogP contribution is -2.43. The molecule has 0 aliphatic rings. The molecule has 2 N–H and O–H groups in total. The fourth-order valence-electron chi connectivity index (χ4n) is 2.80. The second kappa shape index (κ2) is 13.6. The first-order valence-electron chi connectivity index (χ1n) is 9.53. The number of ether oxygens (including phenoxy) is 1. The third kappa shape index (κ3) is 17.2. The monoisotopic (exact) mass is 374 g/mol. The molecule has 0 radical (unpaired) electrons. The number of hydrogen-bond donors (Lipinski definition) is 2. The number of carbonyl (C=O) groups excluding carboxylic acids is 1. The summed E-state index contributed by atoms with van der Waals surface area (Å²) in [5.74, 6) is -2.01. The zero-order valence-electron chi connectivity index (χ0n) is 16.5. The van der Waals surface area contributed by atoms with Gasteiger partial charge in [0.1, 0.15) is 6.54 Å². The number of rotatable bonds is 16. The van der Waals surface area contributed by atoms with Crippen molar-refractivity contribution >= 4 is 17.9 Å². The third-order valence-corrected chi connectivity index (χ3v) is 3.97. The minimum Gasteiger partial charge on any atom is -0.481 e. The molecule has 0 saturated heterocycles. The number of carboxylic acid groups (broad SMARTS) is 2. The molecule has 0 amide bonds. The van der Waals surface area contributed by atoms with Gasteiger partial charge in [-0.25, -0.2) is 0 Å². The number of likely N-dealkylation sites (N-methyl/N-ethyl adjacent to an activating group) is 1. The SMILES string of the molecule is C[N+](C)(C)CC(CC(=O)O)OC(=O)CCCCCCCCCCC(=O)O. The van der Waals surface area contributed by atoms with E-state index in [2.05, 4.69) is 0 Å². The van der Waals surface area contributed by atoms with E-state index in [1.54, 1.807) is 0 Å². The number of hydrogen-bond acceptors (Lipinski definition) is 4. The molecule has 0 aromatic rings. The van der Waals surface area contributed by atoms with Gasteiger partial charge in [-0.3, -0.25) is 14.4 Å². The van der Waals surface area contributed by atoms with Gasteiger partial charge < -0.3 is 19.4 Å². The summed E-state index contributed by atoms with van der Waals surface area (Å²) in [4.78, 5) is 33.2. The van der Waals surface area contributed by atoms with Crippen LogP contribution in [0.3, 0.4) is 0 Å². The maximum absolute atomic E-state index is 11.9. The highest BCUT2D eigenvalue weighted by molar-refractivity contribution is 5.71. The van der Waals surface area contributed by atoms with Gasteiger partial charge in [0.15, 0.2) is 6.10 Å². The van der Waals surface area contributed by atoms with Gasteiger partial charge in [0.2, 0.25) is 0 Å². The van der Waals surface area contributed by atoms with Crippen LogP contribution >= 0.6 is 0 Å². The fraction of sp³-hybridized carbons (Fsp3) is 0.842. The van der Waals surface area contributed by atoms with Gasteiger partial charge in [-0.2, -0.15) is 0 Å².